The first-order chi connectivity index (χ1) is 12.0. The summed E-state index contributed by atoms with van der Waals surface area (Å²) in [6.07, 6.45) is 1.17. The normalized spacial score (nSPS) is 22.7. The summed E-state index contributed by atoms with van der Waals surface area (Å²) in [7, 11) is 0. The number of nitrogens with zero attached hydrogens (tertiary/aromatic N) is 2. The van der Waals surface area contributed by atoms with E-state index < -0.39 is 11.9 Å². The van der Waals surface area contributed by atoms with Gasteiger partial charge < -0.3 is 25.5 Å². The van der Waals surface area contributed by atoms with Crippen molar-refractivity contribution >= 4 is 23.7 Å². The van der Waals surface area contributed by atoms with Crippen molar-refractivity contribution in [1.29, 1.82) is 0 Å². The molecule has 2 saturated heterocycles. The molecule has 4 amide bonds. The van der Waals surface area contributed by atoms with Crippen LogP contribution in [0.4, 0.5) is 15.3 Å². The minimum absolute atomic E-state index is 0.113. The van der Waals surface area contributed by atoms with Crippen LogP contribution in [0.15, 0.2) is 30.3 Å². The molecule has 8 heteroatoms. The molecule has 1 aromatic rings. The molecule has 2 atom stereocenters. The molecule has 0 spiro atoms. The van der Waals surface area contributed by atoms with Gasteiger partial charge in [-0.2, -0.15) is 0 Å². The number of amides is 4. The highest BCUT2D eigenvalue weighted by Crippen LogP contribution is 2.18. The van der Waals surface area contributed by atoms with E-state index in [0.29, 0.717) is 32.5 Å². The van der Waals surface area contributed by atoms with Gasteiger partial charge in [0, 0.05) is 37.9 Å². The molecule has 0 aliphatic carbocycles. The van der Waals surface area contributed by atoms with E-state index in [9.17, 15) is 14.4 Å². The van der Waals surface area contributed by atoms with Gasteiger partial charge in [0.15, 0.2) is 0 Å². The number of rotatable bonds is 3. The van der Waals surface area contributed by atoms with Crippen LogP contribution in [0.25, 0.3) is 0 Å². The van der Waals surface area contributed by atoms with Gasteiger partial charge in [0.2, 0.25) is 0 Å². The monoisotopic (exact) mass is 346 g/mol. The van der Waals surface area contributed by atoms with Crippen molar-refractivity contribution in [2.24, 2.45) is 5.92 Å². The zero-order chi connectivity index (χ0) is 17.8. The van der Waals surface area contributed by atoms with Crippen LogP contribution in [-0.4, -0.2) is 65.2 Å². The van der Waals surface area contributed by atoms with E-state index in [4.69, 9.17) is 5.11 Å². The molecule has 134 valence electrons. The minimum atomic E-state index is -0.861. The molecule has 2 heterocycles. The van der Waals surface area contributed by atoms with Gasteiger partial charge in [-0.3, -0.25) is 4.79 Å². The molecule has 0 aromatic heterocycles. The van der Waals surface area contributed by atoms with Gasteiger partial charge in [0.25, 0.3) is 0 Å². The standard InChI is InChI=1S/C17H22N4O4/c22-15(23)12-6-8-20(10-12)17(25)19-14-7-9-21(11-14)16(24)18-13-4-2-1-3-5-13/h1-5,12,14H,6-11H2,(H,18,24)(H,19,25)(H,22,23). The molecule has 8 nitrogen and oxygen atoms in total. The average molecular weight is 346 g/mol. The smallest absolute Gasteiger partial charge is 0.321 e. The number of carbonyl (C=O) groups is 3. The lowest BCUT2D eigenvalue weighted by atomic mass is 10.1. The van der Waals surface area contributed by atoms with Crippen LogP contribution in [0.2, 0.25) is 0 Å². The molecular formula is C17H22N4O4. The summed E-state index contributed by atoms with van der Waals surface area (Å²) in [5.74, 6) is -1.34. The number of anilines is 1. The predicted molar refractivity (Wildman–Crippen MR) is 91.3 cm³/mol. The van der Waals surface area contributed by atoms with Crippen LogP contribution in [0, 0.1) is 5.92 Å². The van der Waals surface area contributed by atoms with Gasteiger partial charge in [-0.1, -0.05) is 18.2 Å². The summed E-state index contributed by atoms with van der Waals surface area (Å²) < 4.78 is 0. The summed E-state index contributed by atoms with van der Waals surface area (Å²) in [4.78, 5) is 38.7. The van der Waals surface area contributed by atoms with E-state index >= 15 is 0 Å². The summed E-state index contributed by atoms with van der Waals surface area (Å²) in [5.41, 5.74) is 0.733. The molecule has 0 bridgehead atoms. The fourth-order valence-corrected chi connectivity index (χ4v) is 3.20. The number of urea groups is 2. The highest BCUT2D eigenvalue weighted by Gasteiger charge is 2.33. The maximum atomic E-state index is 12.2. The van der Waals surface area contributed by atoms with E-state index in [0.717, 1.165) is 5.69 Å². The van der Waals surface area contributed by atoms with Gasteiger partial charge in [-0.15, -0.1) is 0 Å². The van der Waals surface area contributed by atoms with Crippen molar-refractivity contribution in [1.82, 2.24) is 15.1 Å². The molecule has 0 radical (unpaired) electrons. The summed E-state index contributed by atoms with van der Waals surface area (Å²) >= 11 is 0. The first kappa shape index (κ1) is 17.1. The Hall–Kier alpha value is -2.77. The fourth-order valence-electron chi connectivity index (χ4n) is 3.20. The van der Waals surface area contributed by atoms with Gasteiger partial charge >= 0.3 is 18.0 Å². The van der Waals surface area contributed by atoms with Crippen molar-refractivity contribution in [3.63, 3.8) is 0 Å². The number of hydrogen-bond acceptors (Lipinski definition) is 3. The van der Waals surface area contributed by atoms with Gasteiger partial charge in [0.1, 0.15) is 0 Å². The van der Waals surface area contributed by atoms with Crippen LogP contribution in [0.5, 0.6) is 0 Å². The Kier molecular flexibility index (Phi) is 5.06. The zero-order valence-electron chi connectivity index (χ0n) is 13.9. The van der Waals surface area contributed by atoms with Gasteiger partial charge in [-0.25, -0.2) is 9.59 Å². The lowest BCUT2D eigenvalue weighted by molar-refractivity contribution is -0.141. The van der Waals surface area contributed by atoms with Crippen LogP contribution < -0.4 is 10.6 Å². The van der Waals surface area contributed by atoms with E-state index in [1.807, 2.05) is 30.3 Å². The molecule has 2 unspecified atom stereocenters. The molecule has 3 rings (SSSR count). The summed E-state index contributed by atoms with van der Waals surface area (Å²) in [6, 6.07) is 8.67. The number of carboxylic acids is 1. The first-order valence-electron chi connectivity index (χ1n) is 8.42. The van der Waals surface area contributed by atoms with Crippen LogP contribution in [0.1, 0.15) is 12.8 Å². The number of carbonyl (C=O) groups excluding carboxylic acids is 2. The lowest BCUT2D eigenvalue weighted by Crippen LogP contribution is -2.45. The molecule has 1 aromatic carbocycles. The van der Waals surface area contributed by atoms with Crippen molar-refractivity contribution in [3.8, 4) is 0 Å². The molecule has 3 N–H and O–H groups in total. The fraction of sp³-hybridized carbons (Fsp3) is 0.471. The molecule has 2 fully saturated rings. The maximum absolute atomic E-state index is 12.2. The second-order valence-corrected chi connectivity index (χ2v) is 6.45. The third-order valence-electron chi connectivity index (χ3n) is 4.65. The second-order valence-electron chi connectivity index (χ2n) is 6.45. The minimum Gasteiger partial charge on any atom is -0.481 e. The number of benzene rings is 1. The van der Waals surface area contributed by atoms with Gasteiger partial charge in [-0.05, 0) is 25.0 Å². The van der Waals surface area contributed by atoms with E-state index in [2.05, 4.69) is 10.6 Å². The number of carboxylic acid groups (broad SMARTS) is 1. The van der Waals surface area contributed by atoms with Crippen LogP contribution >= 0.6 is 0 Å². The third-order valence-corrected chi connectivity index (χ3v) is 4.65. The van der Waals surface area contributed by atoms with E-state index in [1.54, 1.807) is 4.90 Å². The molecular weight excluding hydrogens is 324 g/mol. The second kappa shape index (κ2) is 7.42. The Bertz CT molecular complexity index is 651. The highest BCUT2D eigenvalue weighted by molar-refractivity contribution is 5.89. The van der Waals surface area contributed by atoms with Crippen molar-refractivity contribution < 1.29 is 19.5 Å². The van der Waals surface area contributed by atoms with Crippen LogP contribution in [0.3, 0.4) is 0 Å². The highest BCUT2D eigenvalue weighted by atomic mass is 16.4. The van der Waals surface area contributed by atoms with Gasteiger partial charge in [0.05, 0.1) is 5.92 Å². The van der Waals surface area contributed by atoms with E-state index in [-0.39, 0.29) is 24.6 Å². The zero-order valence-corrected chi connectivity index (χ0v) is 13.9. The molecule has 0 saturated carbocycles. The summed E-state index contributed by atoms with van der Waals surface area (Å²) in [5, 5.41) is 14.7. The number of nitrogens with one attached hydrogen (secondary N) is 2. The SMILES string of the molecule is O=C(O)C1CCN(C(=O)NC2CCN(C(=O)Nc3ccccc3)C2)C1. The number of aliphatic carboxylic acids is 1. The Labute approximate surface area is 145 Å². The number of hydrogen-bond donors (Lipinski definition) is 3. The third kappa shape index (κ3) is 4.20. The number of para-hydroxylation sites is 1. The Morgan fingerprint density at radius 3 is 2.32 bits per heavy atom. The summed E-state index contributed by atoms with van der Waals surface area (Å²) in [6.45, 7) is 1.71. The molecule has 2 aliphatic heterocycles. The largest absolute Gasteiger partial charge is 0.481 e. The number of likely N-dealkylation sites (tertiary alicyclic amines) is 2. The molecule has 2 aliphatic rings. The van der Waals surface area contributed by atoms with E-state index in [1.165, 1.54) is 4.90 Å². The maximum Gasteiger partial charge on any atom is 0.321 e. The quantitative estimate of drug-likeness (QED) is 0.770. The Balaban J connectivity index is 1.46. The Morgan fingerprint density at radius 2 is 1.64 bits per heavy atom. The Morgan fingerprint density at radius 1 is 0.960 bits per heavy atom. The van der Waals surface area contributed by atoms with Crippen molar-refractivity contribution in [2.45, 2.75) is 18.9 Å². The predicted octanol–water partition coefficient (Wildman–Crippen LogP) is 1.41. The average Bonchev–Trinajstić information content (AvgIpc) is 3.25. The molecule has 25 heavy (non-hydrogen) atoms. The first-order valence-corrected chi connectivity index (χ1v) is 8.42. The topological polar surface area (TPSA) is 102 Å². The van der Waals surface area contributed by atoms with Crippen LogP contribution in [-0.2, 0) is 4.79 Å². The van der Waals surface area contributed by atoms with Crippen molar-refractivity contribution in [2.75, 3.05) is 31.5 Å². The van der Waals surface area contributed by atoms with Crippen molar-refractivity contribution in [3.05, 3.63) is 30.3 Å². The lowest BCUT2D eigenvalue weighted by Gasteiger charge is -2.21.